The first-order valence-corrected chi connectivity index (χ1v) is 11.0. The number of hydrogen-bond acceptors (Lipinski definition) is 6. The molecule has 1 fully saturated rings. The van der Waals surface area contributed by atoms with Gasteiger partial charge in [0, 0.05) is 29.2 Å². The third-order valence-electron chi connectivity index (χ3n) is 4.80. The van der Waals surface area contributed by atoms with Crippen LogP contribution in [-0.2, 0) is 14.3 Å². The monoisotopic (exact) mass is 440 g/mol. The summed E-state index contributed by atoms with van der Waals surface area (Å²) in [6.45, 7) is 2.55. The molecule has 0 bridgehead atoms. The molecule has 1 N–H and O–H groups in total. The number of Topliss-reactive ketones (excluding diaryl/α,β-unsaturated/α-hetero) is 1. The number of amides is 2. The summed E-state index contributed by atoms with van der Waals surface area (Å²) in [5.74, 6) is -0.956. The topological polar surface area (TPSA) is 92.8 Å². The number of ether oxygens (including phenoxy) is 1. The number of thioether (sulfide) groups is 1. The molecule has 1 heterocycles. The minimum Gasteiger partial charge on any atom is -0.452 e. The summed E-state index contributed by atoms with van der Waals surface area (Å²) >= 11 is 1.29. The van der Waals surface area contributed by atoms with Gasteiger partial charge in [-0.1, -0.05) is 24.3 Å². The Kier molecular flexibility index (Phi) is 7.83. The van der Waals surface area contributed by atoms with Crippen molar-refractivity contribution in [1.29, 1.82) is 0 Å². The molecule has 1 aliphatic heterocycles. The number of carbonyl (C=O) groups excluding carboxylic acids is 4. The molecule has 0 unspecified atom stereocenters. The van der Waals surface area contributed by atoms with E-state index in [4.69, 9.17) is 4.74 Å². The third kappa shape index (κ3) is 6.42. The smallest absolute Gasteiger partial charge is 0.339 e. The van der Waals surface area contributed by atoms with Gasteiger partial charge in [-0.25, -0.2) is 4.79 Å². The predicted molar refractivity (Wildman–Crippen MR) is 118 cm³/mol. The van der Waals surface area contributed by atoms with Gasteiger partial charge in [0.1, 0.15) is 0 Å². The van der Waals surface area contributed by atoms with Gasteiger partial charge in [0.2, 0.25) is 5.91 Å². The largest absolute Gasteiger partial charge is 0.452 e. The van der Waals surface area contributed by atoms with Crippen molar-refractivity contribution < 1.29 is 23.9 Å². The normalized spacial score (nSPS) is 13.0. The van der Waals surface area contributed by atoms with E-state index in [1.165, 1.54) is 18.7 Å². The molecule has 0 aromatic heterocycles. The summed E-state index contributed by atoms with van der Waals surface area (Å²) in [5, 5.41) is 2.61. The van der Waals surface area contributed by atoms with Crippen molar-refractivity contribution in [3.8, 4) is 0 Å². The summed E-state index contributed by atoms with van der Waals surface area (Å²) < 4.78 is 5.16. The minimum atomic E-state index is -0.635. The van der Waals surface area contributed by atoms with Gasteiger partial charge in [0.25, 0.3) is 5.91 Å². The minimum absolute atomic E-state index is 0.0536. The lowest BCUT2D eigenvalue weighted by molar-refractivity contribution is -0.127. The fraction of sp³-hybridized carbons (Fsp3) is 0.304. The van der Waals surface area contributed by atoms with Crippen molar-refractivity contribution in [3.63, 3.8) is 0 Å². The lowest BCUT2D eigenvalue weighted by Gasteiger charge is -2.15. The van der Waals surface area contributed by atoms with Crippen LogP contribution in [0, 0.1) is 0 Å². The van der Waals surface area contributed by atoms with Crippen LogP contribution in [0.4, 0.5) is 5.69 Å². The standard InChI is InChI=1S/C23H24N2O5S/c1-16(26)17-7-6-8-18(13-17)24-21(27)14-30-23(29)19-9-2-3-10-20(19)31-15-22(28)25-11-4-5-12-25/h2-3,6-10,13H,4-5,11-12,14-15H2,1H3,(H,24,27). The molecule has 1 aliphatic rings. The average Bonchev–Trinajstić information content (AvgIpc) is 3.31. The van der Waals surface area contributed by atoms with Gasteiger partial charge < -0.3 is 15.0 Å². The van der Waals surface area contributed by atoms with Gasteiger partial charge in [-0.3, -0.25) is 14.4 Å². The molecular weight excluding hydrogens is 416 g/mol. The number of anilines is 1. The van der Waals surface area contributed by atoms with Crippen molar-refractivity contribution in [2.24, 2.45) is 0 Å². The fourth-order valence-electron chi connectivity index (χ4n) is 3.18. The number of ketones is 1. The molecule has 0 aliphatic carbocycles. The molecule has 0 saturated carbocycles. The Morgan fingerprint density at radius 2 is 1.77 bits per heavy atom. The third-order valence-corrected chi connectivity index (χ3v) is 5.86. The van der Waals surface area contributed by atoms with Crippen molar-refractivity contribution in [3.05, 3.63) is 59.7 Å². The van der Waals surface area contributed by atoms with E-state index in [9.17, 15) is 19.2 Å². The first kappa shape index (κ1) is 22.6. The molecule has 162 valence electrons. The number of hydrogen-bond donors (Lipinski definition) is 1. The van der Waals surface area contributed by atoms with Crippen LogP contribution < -0.4 is 5.32 Å². The Labute approximate surface area is 185 Å². The van der Waals surface area contributed by atoms with Gasteiger partial charge >= 0.3 is 5.97 Å². The van der Waals surface area contributed by atoms with E-state index < -0.39 is 18.5 Å². The van der Waals surface area contributed by atoms with Crippen LogP contribution in [0.15, 0.2) is 53.4 Å². The highest BCUT2D eigenvalue weighted by atomic mass is 32.2. The summed E-state index contributed by atoms with van der Waals surface area (Å²) in [4.78, 5) is 50.8. The second-order valence-electron chi connectivity index (χ2n) is 7.13. The molecular formula is C23H24N2O5S. The molecule has 0 atom stereocenters. The van der Waals surface area contributed by atoms with Gasteiger partial charge in [-0.2, -0.15) is 0 Å². The summed E-state index contributed by atoms with van der Waals surface area (Å²) in [6, 6.07) is 13.4. The lowest BCUT2D eigenvalue weighted by atomic mass is 10.1. The zero-order valence-corrected chi connectivity index (χ0v) is 18.1. The van der Waals surface area contributed by atoms with Crippen LogP contribution in [0.5, 0.6) is 0 Å². The van der Waals surface area contributed by atoms with Crippen LogP contribution in [0.2, 0.25) is 0 Å². The molecule has 2 aromatic carbocycles. The van der Waals surface area contributed by atoms with Crippen molar-refractivity contribution >= 4 is 41.0 Å². The Bertz CT molecular complexity index is 985. The molecule has 1 saturated heterocycles. The lowest BCUT2D eigenvalue weighted by Crippen LogP contribution is -2.29. The highest BCUT2D eigenvalue weighted by molar-refractivity contribution is 8.00. The van der Waals surface area contributed by atoms with Crippen LogP contribution in [0.1, 0.15) is 40.5 Å². The fourth-order valence-corrected chi connectivity index (χ4v) is 4.12. The Morgan fingerprint density at radius 3 is 2.52 bits per heavy atom. The first-order chi connectivity index (χ1) is 14.9. The van der Waals surface area contributed by atoms with Crippen LogP contribution >= 0.6 is 11.8 Å². The highest BCUT2D eigenvalue weighted by Crippen LogP contribution is 2.24. The number of esters is 1. The Hall–Kier alpha value is -3.13. The van der Waals surface area contributed by atoms with E-state index in [1.54, 1.807) is 48.5 Å². The predicted octanol–water partition coefficient (Wildman–Crippen LogP) is 3.40. The Balaban J connectivity index is 1.54. The van der Waals surface area contributed by atoms with Crippen LogP contribution in [-0.4, -0.2) is 53.9 Å². The number of likely N-dealkylation sites (tertiary alicyclic amines) is 1. The van der Waals surface area contributed by atoms with E-state index in [1.807, 2.05) is 4.90 Å². The first-order valence-electron chi connectivity index (χ1n) is 10.0. The van der Waals surface area contributed by atoms with E-state index in [0.29, 0.717) is 21.7 Å². The molecule has 8 heteroatoms. The van der Waals surface area contributed by atoms with E-state index in [2.05, 4.69) is 5.32 Å². The Morgan fingerprint density at radius 1 is 1.03 bits per heavy atom. The quantitative estimate of drug-likeness (QED) is 0.384. The van der Waals surface area contributed by atoms with Gasteiger partial charge in [0.05, 0.1) is 11.3 Å². The van der Waals surface area contributed by atoms with Crippen molar-refractivity contribution in [2.75, 3.05) is 30.8 Å². The summed E-state index contributed by atoms with van der Waals surface area (Å²) in [5.41, 5.74) is 1.24. The molecule has 0 spiro atoms. The number of carbonyl (C=O) groups is 4. The molecule has 2 aromatic rings. The molecule has 0 radical (unpaired) electrons. The van der Waals surface area contributed by atoms with Crippen molar-refractivity contribution in [2.45, 2.75) is 24.7 Å². The van der Waals surface area contributed by atoms with Gasteiger partial charge in [-0.15, -0.1) is 11.8 Å². The maximum absolute atomic E-state index is 12.5. The van der Waals surface area contributed by atoms with Crippen LogP contribution in [0.3, 0.4) is 0 Å². The number of rotatable bonds is 8. The zero-order valence-electron chi connectivity index (χ0n) is 17.3. The second-order valence-corrected chi connectivity index (χ2v) is 8.15. The van der Waals surface area contributed by atoms with E-state index >= 15 is 0 Å². The van der Waals surface area contributed by atoms with Gasteiger partial charge in [-0.05, 0) is 44.0 Å². The van der Waals surface area contributed by atoms with E-state index in [-0.39, 0.29) is 17.4 Å². The molecule has 3 rings (SSSR count). The highest BCUT2D eigenvalue weighted by Gasteiger charge is 2.20. The number of benzene rings is 2. The second kappa shape index (κ2) is 10.8. The van der Waals surface area contributed by atoms with Crippen LogP contribution in [0.25, 0.3) is 0 Å². The molecule has 7 nitrogen and oxygen atoms in total. The van der Waals surface area contributed by atoms with Gasteiger partial charge in [0.15, 0.2) is 12.4 Å². The molecule has 31 heavy (non-hydrogen) atoms. The average molecular weight is 441 g/mol. The number of nitrogens with one attached hydrogen (secondary N) is 1. The van der Waals surface area contributed by atoms with Crippen molar-refractivity contribution in [1.82, 2.24) is 4.90 Å². The SMILES string of the molecule is CC(=O)c1cccc(NC(=O)COC(=O)c2ccccc2SCC(=O)N2CCCC2)c1. The maximum Gasteiger partial charge on any atom is 0.339 e. The number of nitrogens with zero attached hydrogens (tertiary/aromatic N) is 1. The zero-order chi connectivity index (χ0) is 22.2. The maximum atomic E-state index is 12.5. The molecule has 2 amide bonds. The summed E-state index contributed by atoms with van der Waals surface area (Å²) in [6.07, 6.45) is 2.06. The van der Waals surface area contributed by atoms with E-state index in [0.717, 1.165) is 25.9 Å². The summed E-state index contributed by atoms with van der Waals surface area (Å²) in [7, 11) is 0.